The molecule has 0 aliphatic carbocycles. The maximum Gasteiger partial charge on any atom is 0.0786 e. The van der Waals surface area contributed by atoms with Gasteiger partial charge in [0.05, 0.1) is 7.57 Å². The average Bonchev–Trinajstić information content (AvgIpc) is 2.58. The fourth-order valence-electron chi connectivity index (χ4n) is 2.09. The van der Waals surface area contributed by atoms with Gasteiger partial charge in [0.15, 0.2) is 0 Å². The zero-order valence-corrected chi connectivity index (χ0v) is 13.3. The number of thiophene rings is 1. The Balaban J connectivity index is 2.20. The third-order valence-corrected chi connectivity index (χ3v) is 5.55. The molecule has 1 unspecified atom stereocenters. The van der Waals surface area contributed by atoms with Gasteiger partial charge in [0.1, 0.15) is 0 Å². The van der Waals surface area contributed by atoms with Gasteiger partial charge < -0.3 is 0 Å². The Morgan fingerprint density at radius 2 is 1.83 bits per heavy atom. The third kappa shape index (κ3) is 2.13. The van der Waals surface area contributed by atoms with Gasteiger partial charge in [-0.3, -0.25) is 4.99 Å². The lowest BCUT2D eigenvalue weighted by molar-refractivity contribution is 1.10. The standard InChI is InChI=1S/C14H9Br2NS/c15-13-10-6-7-17-8-11(12(10)14(16)18-13)9-4-2-1-3-5-9/h1-8,11H. The normalized spacial score (nSPS) is 17.6. The van der Waals surface area contributed by atoms with Crippen LogP contribution in [0.3, 0.4) is 0 Å². The number of aliphatic imine (C=N–C) groups is 1. The second-order valence-electron chi connectivity index (χ2n) is 3.98. The van der Waals surface area contributed by atoms with Gasteiger partial charge >= 0.3 is 0 Å². The lowest BCUT2D eigenvalue weighted by Crippen LogP contribution is -2.02. The minimum absolute atomic E-state index is 0.202. The number of halogens is 2. The molecule has 1 aromatic heterocycles. The molecule has 0 spiro atoms. The van der Waals surface area contributed by atoms with E-state index in [0.717, 1.165) is 7.57 Å². The first kappa shape index (κ1) is 12.3. The van der Waals surface area contributed by atoms with Crippen molar-refractivity contribution >= 4 is 55.5 Å². The average molecular weight is 383 g/mol. The van der Waals surface area contributed by atoms with Gasteiger partial charge in [-0.1, -0.05) is 30.3 Å². The summed E-state index contributed by atoms with van der Waals surface area (Å²) in [5.74, 6) is 0.202. The summed E-state index contributed by atoms with van der Waals surface area (Å²) in [4.78, 5) is 4.36. The molecule has 0 radical (unpaired) electrons. The van der Waals surface area contributed by atoms with Gasteiger partial charge in [0.2, 0.25) is 0 Å². The van der Waals surface area contributed by atoms with Crippen molar-refractivity contribution in [1.82, 2.24) is 0 Å². The van der Waals surface area contributed by atoms with Crippen LogP contribution in [0.15, 0.2) is 49.1 Å². The Morgan fingerprint density at radius 3 is 2.61 bits per heavy atom. The van der Waals surface area contributed by atoms with Crippen LogP contribution in [0.25, 0.3) is 6.08 Å². The monoisotopic (exact) mass is 381 g/mol. The summed E-state index contributed by atoms with van der Waals surface area (Å²) in [7, 11) is 0. The summed E-state index contributed by atoms with van der Waals surface area (Å²) in [6.45, 7) is 0. The Morgan fingerprint density at radius 1 is 1.06 bits per heavy atom. The van der Waals surface area contributed by atoms with Crippen LogP contribution in [-0.2, 0) is 0 Å². The van der Waals surface area contributed by atoms with Crippen molar-refractivity contribution in [3.63, 3.8) is 0 Å². The lowest BCUT2D eigenvalue weighted by Gasteiger charge is -2.12. The molecule has 90 valence electrons. The molecule has 0 N–H and O–H groups in total. The minimum atomic E-state index is 0.202. The summed E-state index contributed by atoms with van der Waals surface area (Å²) in [5.41, 5.74) is 3.77. The molecule has 1 nitrogen and oxygen atoms in total. The van der Waals surface area contributed by atoms with Crippen LogP contribution in [-0.4, -0.2) is 6.21 Å². The first-order valence-corrected chi connectivity index (χ1v) is 7.90. The summed E-state index contributed by atoms with van der Waals surface area (Å²) in [6, 6.07) is 10.5. The van der Waals surface area contributed by atoms with E-state index < -0.39 is 0 Å². The van der Waals surface area contributed by atoms with E-state index in [0.29, 0.717) is 0 Å². The van der Waals surface area contributed by atoms with Crippen molar-refractivity contribution in [2.24, 2.45) is 4.99 Å². The van der Waals surface area contributed by atoms with Gasteiger partial charge in [-0.25, -0.2) is 0 Å². The molecule has 0 saturated heterocycles. The van der Waals surface area contributed by atoms with Gasteiger partial charge in [-0.15, -0.1) is 11.3 Å². The second-order valence-corrected chi connectivity index (χ2v) is 7.64. The SMILES string of the molecule is Brc1sc(Br)c2c1C=CN=CC2c1ccccc1. The van der Waals surface area contributed by atoms with Gasteiger partial charge in [-0.2, -0.15) is 0 Å². The molecule has 0 saturated carbocycles. The van der Waals surface area contributed by atoms with Crippen LogP contribution in [0.1, 0.15) is 22.6 Å². The summed E-state index contributed by atoms with van der Waals surface area (Å²) in [5, 5.41) is 0. The maximum absolute atomic E-state index is 4.36. The first-order valence-electron chi connectivity index (χ1n) is 5.50. The number of benzene rings is 1. The minimum Gasteiger partial charge on any atom is -0.268 e. The van der Waals surface area contributed by atoms with Crippen molar-refractivity contribution in [3.05, 3.63) is 60.8 Å². The molecule has 0 bridgehead atoms. The second kappa shape index (κ2) is 5.11. The van der Waals surface area contributed by atoms with Gasteiger partial charge in [0, 0.05) is 23.9 Å². The molecule has 2 heterocycles. The maximum atomic E-state index is 4.36. The molecule has 18 heavy (non-hydrogen) atoms. The summed E-state index contributed by atoms with van der Waals surface area (Å²) in [6.07, 6.45) is 5.91. The topological polar surface area (TPSA) is 12.4 Å². The van der Waals surface area contributed by atoms with E-state index in [1.807, 2.05) is 18.5 Å². The fraction of sp³-hybridized carbons (Fsp3) is 0.0714. The van der Waals surface area contributed by atoms with E-state index in [4.69, 9.17) is 0 Å². The van der Waals surface area contributed by atoms with Gasteiger partial charge in [0.25, 0.3) is 0 Å². The van der Waals surface area contributed by atoms with E-state index in [9.17, 15) is 0 Å². The number of hydrogen-bond acceptors (Lipinski definition) is 2. The Labute approximate surface area is 127 Å². The summed E-state index contributed by atoms with van der Waals surface area (Å²) < 4.78 is 2.31. The molecule has 1 aromatic carbocycles. The molecular formula is C14H9Br2NS. The first-order chi connectivity index (χ1) is 8.77. The van der Waals surface area contributed by atoms with Crippen molar-refractivity contribution in [2.75, 3.05) is 0 Å². The van der Waals surface area contributed by atoms with Crippen LogP contribution in [0.4, 0.5) is 0 Å². The van der Waals surface area contributed by atoms with E-state index in [-0.39, 0.29) is 5.92 Å². The number of hydrogen-bond donors (Lipinski definition) is 0. The zero-order valence-electron chi connectivity index (χ0n) is 9.31. The summed E-state index contributed by atoms with van der Waals surface area (Å²) >= 11 is 9.00. The molecule has 0 amide bonds. The third-order valence-electron chi connectivity index (χ3n) is 2.92. The van der Waals surface area contributed by atoms with E-state index in [2.05, 4.69) is 67.2 Å². The predicted octanol–water partition coefficient (Wildman–Crippen LogP) is 5.46. The highest BCUT2D eigenvalue weighted by molar-refractivity contribution is 9.12. The highest BCUT2D eigenvalue weighted by atomic mass is 79.9. The molecule has 1 aliphatic rings. The van der Waals surface area contributed by atoms with Crippen molar-refractivity contribution in [2.45, 2.75) is 5.92 Å². The highest BCUT2D eigenvalue weighted by Gasteiger charge is 2.23. The number of rotatable bonds is 1. The van der Waals surface area contributed by atoms with E-state index in [1.54, 1.807) is 11.3 Å². The van der Waals surface area contributed by atoms with E-state index >= 15 is 0 Å². The number of nitrogens with zero attached hydrogens (tertiary/aromatic N) is 1. The van der Waals surface area contributed by atoms with Crippen LogP contribution in [0, 0.1) is 0 Å². The van der Waals surface area contributed by atoms with Crippen LogP contribution < -0.4 is 0 Å². The Kier molecular flexibility index (Phi) is 3.50. The lowest BCUT2D eigenvalue weighted by atomic mass is 9.92. The molecule has 3 rings (SSSR count). The van der Waals surface area contributed by atoms with Gasteiger partial charge in [-0.05, 0) is 49.1 Å². The molecular weight excluding hydrogens is 374 g/mol. The van der Waals surface area contributed by atoms with Crippen molar-refractivity contribution in [3.8, 4) is 0 Å². The molecule has 2 aromatic rings. The van der Waals surface area contributed by atoms with E-state index in [1.165, 1.54) is 16.7 Å². The highest BCUT2D eigenvalue weighted by Crippen LogP contribution is 2.44. The Hall–Kier alpha value is -0.710. The molecule has 1 atom stereocenters. The van der Waals surface area contributed by atoms with Crippen LogP contribution in [0.5, 0.6) is 0 Å². The molecule has 0 fully saturated rings. The Bertz CT molecular complexity index is 629. The number of fused-ring (bicyclic) bond motifs is 1. The van der Waals surface area contributed by atoms with Crippen LogP contribution in [0.2, 0.25) is 0 Å². The zero-order chi connectivity index (χ0) is 12.5. The van der Waals surface area contributed by atoms with Crippen LogP contribution >= 0.6 is 43.2 Å². The smallest absolute Gasteiger partial charge is 0.0786 e. The largest absolute Gasteiger partial charge is 0.268 e. The fourth-order valence-corrected chi connectivity index (χ4v) is 5.31. The van der Waals surface area contributed by atoms with Crippen molar-refractivity contribution < 1.29 is 0 Å². The van der Waals surface area contributed by atoms with Crippen molar-refractivity contribution in [1.29, 1.82) is 0 Å². The molecule has 4 heteroatoms. The predicted molar refractivity (Wildman–Crippen MR) is 85.5 cm³/mol. The molecule has 1 aliphatic heterocycles. The quantitative estimate of drug-likeness (QED) is 0.620.